The molecule has 2 aliphatic heterocycles. The molecule has 0 unspecified atom stereocenters. The Balaban J connectivity index is 1.12. The zero-order valence-electron chi connectivity index (χ0n) is 26.5. The summed E-state index contributed by atoms with van der Waals surface area (Å²) < 4.78 is 14.7. The molecule has 1 aliphatic carbocycles. The predicted octanol–water partition coefficient (Wildman–Crippen LogP) is 4.63. The van der Waals surface area contributed by atoms with Gasteiger partial charge in [-0.2, -0.15) is 0 Å². The molecule has 10 nitrogen and oxygen atoms in total. The van der Waals surface area contributed by atoms with Crippen LogP contribution in [0.15, 0.2) is 42.6 Å². The third-order valence-electron chi connectivity index (χ3n) is 9.47. The van der Waals surface area contributed by atoms with E-state index in [-0.39, 0.29) is 29.8 Å². The van der Waals surface area contributed by atoms with Gasteiger partial charge in [0, 0.05) is 55.6 Å². The maximum atomic E-state index is 14.7. The van der Waals surface area contributed by atoms with Crippen LogP contribution >= 0.6 is 11.6 Å². The number of hydrogen-bond donors (Lipinski definition) is 3. The third-order valence-corrected chi connectivity index (χ3v) is 9.74. The first-order chi connectivity index (χ1) is 22.0. The molecule has 3 aromatic rings. The number of amides is 2. The Labute approximate surface area is 274 Å². The van der Waals surface area contributed by atoms with E-state index in [1.807, 2.05) is 25.1 Å². The van der Waals surface area contributed by atoms with Crippen molar-refractivity contribution in [2.45, 2.75) is 70.3 Å². The second-order valence-electron chi connectivity index (χ2n) is 12.8. The van der Waals surface area contributed by atoms with E-state index in [4.69, 9.17) is 11.6 Å². The predicted molar refractivity (Wildman–Crippen MR) is 176 cm³/mol. The number of fused-ring (bicyclic) bond motifs is 1. The Morgan fingerprint density at radius 3 is 2.54 bits per heavy atom. The van der Waals surface area contributed by atoms with Gasteiger partial charge in [-0.1, -0.05) is 23.7 Å². The van der Waals surface area contributed by atoms with Crippen molar-refractivity contribution in [1.29, 1.82) is 0 Å². The van der Waals surface area contributed by atoms with Crippen molar-refractivity contribution >= 4 is 35.1 Å². The molecule has 3 aliphatic rings. The van der Waals surface area contributed by atoms with Crippen LogP contribution in [0.2, 0.25) is 5.02 Å². The molecule has 2 aromatic carbocycles. The van der Waals surface area contributed by atoms with Crippen LogP contribution in [0.3, 0.4) is 0 Å². The minimum Gasteiger partial charge on any atom is -0.393 e. The van der Waals surface area contributed by atoms with Crippen molar-refractivity contribution < 1.29 is 19.1 Å². The maximum Gasteiger partial charge on any atom is 0.255 e. The van der Waals surface area contributed by atoms with Gasteiger partial charge in [-0.15, -0.1) is 0 Å². The first-order valence-corrected chi connectivity index (χ1v) is 16.4. The highest BCUT2D eigenvalue weighted by Crippen LogP contribution is 2.33. The summed E-state index contributed by atoms with van der Waals surface area (Å²) in [6.45, 7) is 7.25. The van der Waals surface area contributed by atoms with E-state index in [1.54, 1.807) is 24.1 Å². The topological polar surface area (TPSA) is 114 Å². The molecule has 2 amide bonds. The number of aliphatic hydroxyl groups is 1. The quantitative estimate of drug-likeness (QED) is 0.324. The van der Waals surface area contributed by atoms with E-state index in [0.29, 0.717) is 39.9 Å². The summed E-state index contributed by atoms with van der Waals surface area (Å²) in [5.41, 5.74) is 3.97. The molecule has 12 heteroatoms. The lowest BCUT2D eigenvalue weighted by molar-refractivity contribution is -0.125. The standard InChI is InChI=1S/C34H41ClFN7O3/c1-20(24-14-25(36)17-27(15-24)42-12-10-41(3)11-13-42)38-32(45)21(2)43-19-23-5-4-22(16-29(23)33(43)46)31-30(35)18-37-34(40-31)39-26-6-8-28(44)9-7-26/h4-5,14-18,20-21,26,28,44H,6-13,19H2,1-3H3,(H,38,45)(H,37,39,40)/t20-,21-,26-,28-/m1/s1. The Hall–Kier alpha value is -3.80. The molecule has 6 rings (SSSR count). The molecule has 2 atom stereocenters. The van der Waals surface area contributed by atoms with E-state index < -0.39 is 12.1 Å². The Morgan fingerprint density at radius 1 is 1.07 bits per heavy atom. The first kappa shape index (κ1) is 32.2. The molecule has 0 spiro atoms. The lowest BCUT2D eigenvalue weighted by Crippen LogP contribution is -2.46. The number of halogens is 2. The molecule has 1 saturated carbocycles. The molecule has 2 fully saturated rings. The van der Waals surface area contributed by atoms with Crippen molar-refractivity contribution in [3.05, 3.63) is 70.1 Å². The minimum absolute atomic E-state index is 0.169. The maximum absolute atomic E-state index is 14.7. The van der Waals surface area contributed by atoms with Gasteiger partial charge in [0.1, 0.15) is 11.9 Å². The molecule has 1 saturated heterocycles. The van der Waals surface area contributed by atoms with Crippen LogP contribution in [-0.4, -0.2) is 88.1 Å². The monoisotopic (exact) mass is 649 g/mol. The second-order valence-corrected chi connectivity index (χ2v) is 13.2. The molecule has 3 N–H and O–H groups in total. The summed E-state index contributed by atoms with van der Waals surface area (Å²) in [7, 11) is 2.07. The molecular weight excluding hydrogens is 609 g/mol. The van der Waals surface area contributed by atoms with Gasteiger partial charge in [-0.25, -0.2) is 14.4 Å². The van der Waals surface area contributed by atoms with Gasteiger partial charge < -0.3 is 30.4 Å². The number of nitrogens with one attached hydrogen (secondary N) is 2. The number of carbonyl (C=O) groups excluding carboxylic acids is 2. The number of hydrogen-bond acceptors (Lipinski definition) is 8. The zero-order valence-corrected chi connectivity index (χ0v) is 27.2. The van der Waals surface area contributed by atoms with Crippen molar-refractivity contribution in [1.82, 2.24) is 25.1 Å². The first-order valence-electron chi connectivity index (χ1n) is 16.0. The van der Waals surface area contributed by atoms with Crippen LogP contribution in [0.25, 0.3) is 11.3 Å². The van der Waals surface area contributed by atoms with Crippen molar-refractivity contribution in [2.75, 3.05) is 43.4 Å². The van der Waals surface area contributed by atoms with Crippen LogP contribution in [0.5, 0.6) is 0 Å². The number of benzene rings is 2. The van der Waals surface area contributed by atoms with Gasteiger partial charge in [0.15, 0.2) is 0 Å². The lowest BCUT2D eigenvalue weighted by atomic mass is 9.93. The number of aliphatic hydroxyl groups excluding tert-OH is 1. The Kier molecular flexibility index (Phi) is 9.44. The van der Waals surface area contributed by atoms with Crippen LogP contribution in [0, 0.1) is 5.82 Å². The van der Waals surface area contributed by atoms with Gasteiger partial charge in [0.05, 0.1) is 29.1 Å². The average molecular weight is 650 g/mol. The van der Waals surface area contributed by atoms with Gasteiger partial charge in [-0.3, -0.25) is 9.59 Å². The lowest BCUT2D eigenvalue weighted by Gasteiger charge is -2.34. The third kappa shape index (κ3) is 6.96. The number of carbonyl (C=O) groups is 2. The summed E-state index contributed by atoms with van der Waals surface area (Å²) >= 11 is 6.51. The smallest absolute Gasteiger partial charge is 0.255 e. The van der Waals surface area contributed by atoms with Crippen LogP contribution in [-0.2, 0) is 11.3 Å². The highest BCUT2D eigenvalue weighted by Gasteiger charge is 2.35. The fourth-order valence-corrected chi connectivity index (χ4v) is 6.68. The number of nitrogens with zero attached hydrogens (tertiary/aromatic N) is 5. The summed E-state index contributed by atoms with van der Waals surface area (Å²) in [5.74, 6) is -0.465. The summed E-state index contributed by atoms with van der Waals surface area (Å²) in [5, 5.41) is 16.5. The fourth-order valence-electron chi connectivity index (χ4n) is 6.48. The van der Waals surface area contributed by atoms with E-state index >= 15 is 0 Å². The highest BCUT2D eigenvalue weighted by atomic mass is 35.5. The van der Waals surface area contributed by atoms with Gasteiger partial charge in [-0.05, 0) is 82.0 Å². The number of piperazine rings is 1. The second kappa shape index (κ2) is 13.5. The molecule has 46 heavy (non-hydrogen) atoms. The van der Waals surface area contributed by atoms with Gasteiger partial charge in [0.2, 0.25) is 11.9 Å². The van der Waals surface area contributed by atoms with Crippen molar-refractivity contribution in [3.8, 4) is 11.3 Å². The fraction of sp³-hybridized carbons (Fsp3) is 0.471. The van der Waals surface area contributed by atoms with Crippen LogP contribution < -0.4 is 15.5 Å². The van der Waals surface area contributed by atoms with Crippen molar-refractivity contribution in [3.63, 3.8) is 0 Å². The number of likely N-dealkylation sites (N-methyl/N-ethyl adjacent to an activating group) is 1. The molecule has 0 bridgehead atoms. The SMILES string of the molecule is C[C@H](C(=O)N[C@H](C)c1cc(F)cc(N2CCN(C)CC2)c1)N1Cc2ccc(-c3nc(N[C@H]4CC[C@H](O)CC4)ncc3Cl)cc2C1=O. The van der Waals surface area contributed by atoms with Gasteiger partial charge >= 0.3 is 0 Å². The molecule has 3 heterocycles. The molecule has 244 valence electrons. The van der Waals surface area contributed by atoms with Crippen LogP contribution in [0.1, 0.15) is 67.1 Å². The minimum atomic E-state index is -0.746. The van der Waals surface area contributed by atoms with Gasteiger partial charge in [0.25, 0.3) is 5.91 Å². The zero-order chi connectivity index (χ0) is 32.5. The summed E-state index contributed by atoms with van der Waals surface area (Å²) in [4.78, 5) is 41.9. The average Bonchev–Trinajstić information content (AvgIpc) is 3.38. The summed E-state index contributed by atoms with van der Waals surface area (Å²) in [6.07, 6.45) is 4.42. The van der Waals surface area contributed by atoms with Crippen LogP contribution in [0.4, 0.5) is 16.0 Å². The molecule has 1 aromatic heterocycles. The van der Waals surface area contributed by atoms with E-state index in [9.17, 15) is 19.1 Å². The van der Waals surface area contributed by atoms with Crippen molar-refractivity contribution in [2.24, 2.45) is 0 Å². The Morgan fingerprint density at radius 2 is 1.80 bits per heavy atom. The number of rotatable bonds is 8. The largest absolute Gasteiger partial charge is 0.393 e. The molecular formula is C34H41ClFN7O3. The Bertz CT molecular complexity index is 1610. The number of anilines is 2. The van der Waals surface area contributed by atoms with E-state index in [1.165, 1.54) is 12.1 Å². The highest BCUT2D eigenvalue weighted by molar-refractivity contribution is 6.33. The molecule has 0 radical (unpaired) electrons. The van der Waals surface area contributed by atoms with E-state index in [2.05, 4.69) is 37.4 Å². The number of aromatic nitrogens is 2. The summed E-state index contributed by atoms with van der Waals surface area (Å²) in [6, 6.07) is 9.40. The normalized spacial score (nSPS) is 21.6. The van der Waals surface area contributed by atoms with E-state index in [0.717, 1.165) is 63.1 Å².